The van der Waals surface area contributed by atoms with Gasteiger partial charge in [-0.25, -0.2) is 0 Å². The van der Waals surface area contributed by atoms with Gasteiger partial charge in [0.05, 0.1) is 11.6 Å². The van der Waals surface area contributed by atoms with Gasteiger partial charge in [-0.05, 0) is 37.0 Å². The Kier molecular flexibility index (Phi) is 6.03. The maximum atomic E-state index is 8.66. The lowest BCUT2D eigenvalue weighted by molar-refractivity contribution is 0.728. The second kappa shape index (κ2) is 7.70. The third-order valence-corrected chi connectivity index (χ3v) is 2.58. The van der Waals surface area contributed by atoms with Gasteiger partial charge in [0.25, 0.3) is 0 Å². The van der Waals surface area contributed by atoms with E-state index in [2.05, 4.69) is 25.1 Å². The smallest absolute Gasteiger partial charge is 0.0991 e. The van der Waals surface area contributed by atoms with Crippen molar-refractivity contribution in [3.8, 4) is 6.07 Å². The van der Waals surface area contributed by atoms with Crippen LogP contribution >= 0.6 is 0 Å². The summed E-state index contributed by atoms with van der Waals surface area (Å²) in [6.07, 6.45) is 10.5. The van der Waals surface area contributed by atoms with E-state index in [1.54, 1.807) is 0 Å². The monoisotopic (exact) mass is 213 g/mol. The first-order chi connectivity index (χ1) is 7.86. The van der Waals surface area contributed by atoms with E-state index in [0.717, 1.165) is 12.0 Å². The highest BCUT2D eigenvalue weighted by molar-refractivity contribution is 5.32. The number of hydrogen-bond donors (Lipinski definition) is 0. The summed E-state index contributed by atoms with van der Waals surface area (Å²) in [5.41, 5.74) is 2.00. The van der Waals surface area contributed by atoms with Crippen LogP contribution in [-0.4, -0.2) is 0 Å². The number of nitriles is 1. The summed E-state index contributed by atoms with van der Waals surface area (Å²) in [6.45, 7) is 2.22. The molecule has 1 aromatic carbocycles. The molecule has 0 N–H and O–H groups in total. The molecule has 0 aliphatic heterocycles. The highest BCUT2D eigenvalue weighted by atomic mass is 14.2. The van der Waals surface area contributed by atoms with Gasteiger partial charge >= 0.3 is 0 Å². The van der Waals surface area contributed by atoms with Gasteiger partial charge in [0.15, 0.2) is 0 Å². The van der Waals surface area contributed by atoms with Crippen molar-refractivity contribution in [3.05, 3.63) is 47.5 Å². The van der Waals surface area contributed by atoms with Crippen LogP contribution in [0.25, 0.3) is 0 Å². The van der Waals surface area contributed by atoms with Crippen LogP contribution in [0.1, 0.15) is 43.7 Å². The zero-order chi connectivity index (χ0) is 11.6. The first-order valence-corrected chi connectivity index (χ1v) is 6.01. The number of nitrogens with zero attached hydrogens (tertiary/aromatic N) is 1. The van der Waals surface area contributed by atoms with Gasteiger partial charge in [-0.15, -0.1) is 0 Å². The molecule has 0 heterocycles. The van der Waals surface area contributed by atoms with Crippen molar-refractivity contribution in [1.82, 2.24) is 0 Å². The van der Waals surface area contributed by atoms with E-state index in [0.29, 0.717) is 0 Å². The Morgan fingerprint density at radius 3 is 2.50 bits per heavy atom. The third kappa shape index (κ3) is 4.79. The lowest BCUT2D eigenvalue weighted by atomic mass is 10.1. The standard InChI is InChI=1S/C15H19N/c1-2-3-4-5-6-7-8-14-9-11-15(13-16)12-10-14/h6-7,9-12H,2-5,8H2,1H3/b7-6+. The van der Waals surface area contributed by atoms with Crippen LogP contribution in [0.3, 0.4) is 0 Å². The molecule has 0 fully saturated rings. The van der Waals surface area contributed by atoms with Crippen molar-refractivity contribution in [1.29, 1.82) is 5.26 Å². The SMILES string of the molecule is CCCCC/C=C/Cc1ccc(C#N)cc1. The molecule has 0 amide bonds. The molecular formula is C15H19N. The van der Waals surface area contributed by atoms with Crippen LogP contribution < -0.4 is 0 Å². The fourth-order valence-corrected chi connectivity index (χ4v) is 1.56. The zero-order valence-electron chi connectivity index (χ0n) is 9.95. The van der Waals surface area contributed by atoms with E-state index >= 15 is 0 Å². The second-order valence-electron chi connectivity index (χ2n) is 3.98. The highest BCUT2D eigenvalue weighted by Crippen LogP contribution is 2.05. The molecular weight excluding hydrogens is 194 g/mol. The second-order valence-corrected chi connectivity index (χ2v) is 3.98. The summed E-state index contributed by atoms with van der Waals surface area (Å²) in [4.78, 5) is 0. The minimum Gasteiger partial charge on any atom is -0.192 e. The molecule has 1 rings (SSSR count). The van der Waals surface area contributed by atoms with Gasteiger partial charge in [0.1, 0.15) is 0 Å². The normalized spacial score (nSPS) is 10.5. The van der Waals surface area contributed by atoms with E-state index in [4.69, 9.17) is 5.26 Å². The van der Waals surface area contributed by atoms with E-state index < -0.39 is 0 Å². The minimum atomic E-state index is 0.732. The van der Waals surface area contributed by atoms with Crippen LogP contribution in [0.5, 0.6) is 0 Å². The number of hydrogen-bond acceptors (Lipinski definition) is 1. The predicted molar refractivity (Wildman–Crippen MR) is 68.1 cm³/mol. The summed E-state index contributed by atoms with van der Waals surface area (Å²) in [5, 5.41) is 8.66. The van der Waals surface area contributed by atoms with Gasteiger partial charge in [0.2, 0.25) is 0 Å². The number of rotatable bonds is 6. The van der Waals surface area contributed by atoms with Crippen molar-refractivity contribution in [3.63, 3.8) is 0 Å². The first-order valence-electron chi connectivity index (χ1n) is 6.01. The third-order valence-electron chi connectivity index (χ3n) is 2.58. The molecule has 0 bridgehead atoms. The van der Waals surface area contributed by atoms with Gasteiger partial charge in [-0.1, -0.05) is 44.1 Å². The summed E-state index contributed by atoms with van der Waals surface area (Å²) < 4.78 is 0. The lowest BCUT2D eigenvalue weighted by Gasteiger charge is -1.96. The highest BCUT2D eigenvalue weighted by Gasteiger charge is 1.91. The quantitative estimate of drug-likeness (QED) is 0.512. The van der Waals surface area contributed by atoms with Crippen LogP contribution in [0.2, 0.25) is 0 Å². The molecule has 0 aliphatic rings. The van der Waals surface area contributed by atoms with Crippen molar-refractivity contribution in [2.45, 2.75) is 39.0 Å². The summed E-state index contributed by atoms with van der Waals surface area (Å²) in [7, 11) is 0. The maximum absolute atomic E-state index is 8.66. The van der Waals surface area contributed by atoms with Crippen molar-refractivity contribution in [2.24, 2.45) is 0 Å². The topological polar surface area (TPSA) is 23.8 Å². The van der Waals surface area contributed by atoms with E-state index in [9.17, 15) is 0 Å². The van der Waals surface area contributed by atoms with Crippen molar-refractivity contribution >= 4 is 0 Å². The van der Waals surface area contributed by atoms with E-state index in [1.165, 1.54) is 31.2 Å². The van der Waals surface area contributed by atoms with Gasteiger partial charge < -0.3 is 0 Å². The molecule has 0 unspecified atom stereocenters. The van der Waals surface area contributed by atoms with Gasteiger partial charge in [-0.2, -0.15) is 5.26 Å². The minimum absolute atomic E-state index is 0.732. The number of benzene rings is 1. The molecule has 1 nitrogen and oxygen atoms in total. The van der Waals surface area contributed by atoms with E-state index in [-0.39, 0.29) is 0 Å². The maximum Gasteiger partial charge on any atom is 0.0991 e. The number of unbranched alkanes of at least 4 members (excludes halogenated alkanes) is 3. The Labute approximate surface area is 98.4 Å². The van der Waals surface area contributed by atoms with E-state index in [1.807, 2.05) is 24.3 Å². The average Bonchev–Trinajstić information content (AvgIpc) is 2.34. The largest absolute Gasteiger partial charge is 0.192 e. The zero-order valence-corrected chi connectivity index (χ0v) is 9.95. The fourth-order valence-electron chi connectivity index (χ4n) is 1.56. The van der Waals surface area contributed by atoms with Crippen molar-refractivity contribution < 1.29 is 0 Å². The van der Waals surface area contributed by atoms with Gasteiger partial charge in [-0.3, -0.25) is 0 Å². The first kappa shape index (κ1) is 12.5. The molecule has 0 saturated heterocycles. The molecule has 0 aliphatic carbocycles. The van der Waals surface area contributed by atoms with Crippen LogP contribution in [0, 0.1) is 11.3 Å². The Morgan fingerprint density at radius 2 is 1.88 bits per heavy atom. The Balaban J connectivity index is 2.29. The van der Waals surface area contributed by atoms with Crippen LogP contribution in [0.15, 0.2) is 36.4 Å². The molecule has 0 aromatic heterocycles. The average molecular weight is 213 g/mol. The Hall–Kier alpha value is -1.55. The van der Waals surface area contributed by atoms with Crippen LogP contribution in [0.4, 0.5) is 0 Å². The molecule has 0 atom stereocenters. The molecule has 1 aromatic rings. The molecule has 16 heavy (non-hydrogen) atoms. The van der Waals surface area contributed by atoms with Crippen molar-refractivity contribution in [2.75, 3.05) is 0 Å². The molecule has 84 valence electrons. The summed E-state index contributed by atoms with van der Waals surface area (Å²) in [6, 6.07) is 9.92. The summed E-state index contributed by atoms with van der Waals surface area (Å²) in [5.74, 6) is 0. The Morgan fingerprint density at radius 1 is 1.12 bits per heavy atom. The lowest BCUT2D eigenvalue weighted by Crippen LogP contribution is -1.81. The number of allylic oxidation sites excluding steroid dienone is 2. The van der Waals surface area contributed by atoms with Gasteiger partial charge in [0, 0.05) is 0 Å². The Bertz CT molecular complexity index is 354. The molecule has 0 radical (unpaired) electrons. The summed E-state index contributed by atoms with van der Waals surface area (Å²) >= 11 is 0. The molecule has 1 heteroatoms. The fraction of sp³-hybridized carbons (Fsp3) is 0.400. The molecule has 0 spiro atoms. The molecule has 0 saturated carbocycles. The predicted octanol–water partition coefficient (Wildman–Crippen LogP) is 4.24. The van der Waals surface area contributed by atoms with Crippen LogP contribution in [-0.2, 0) is 6.42 Å².